The summed E-state index contributed by atoms with van der Waals surface area (Å²) < 4.78 is 5.58. The minimum Gasteiger partial charge on any atom is -0.396 e. The van der Waals surface area contributed by atoms with Crippen LogP contribution in [0.25, 0.3) is 0 Å². The van der Waals surface area contributed by atoms with Crippen molar-refractivity contribution < 1.29 is 9.84 Å². The Labute approximate surface area is 67.6 Å². The Balaban J connectivity index is 2.23. The molecule has 64 valence electrons. The Hall–Kier alpha value is -0.0800. The number of fused-ring (bicyclic) bond motifs is 1. The molecule has 1 heterocycles. The van der Waals surface area contributed by atoms with Crippen molar-refractivity contribution in [3.05, 3.63) is 0 Å². The maximum absolute atomic E-state index is 9.10. The minimum absolute atomic E-state index is 0.0698. The fraction of sp³-hybridized carbons (Fsp3) is 1.00. The number of hydrogen-bond donors (Lipinski definition) is 1. The van der Waals surface area contributed by atoms with Gasteiger partial charge in [-0.2, -0.15) is 0 Å². The molecule has 1 saturated carbocycles. The lowest BCUT2D eigenvalue weighted by molar-refractivity contribution is 0.0383. The van der Waals surface area contributed by atoms with Gasteiger partial charge in [-0.25, -0.2) is 0 Å². The zero-order valence-corrected chi connectivity index (χ0v) is 7.42. The van der Waals surface area contributed by atoms with Crippen molar-refractivity contribution in [2.45, 2.75) is 38.9 Å². The maximum atomic E-state index is 9.10. The first-order chi connectivity index (χ1) is 5.02. The van der Waals surface area contributed by atoms with Gasteiger partial charge in [0.05, 0.1) is 11.7 Å². The first kappa shape index (κ1) is 7.56. The average molecular weight is 156 g/mol. The molecule has 0 aromatic heterocycles. The van der Waals surface area contributed by atoms with Crippen LogP contribution in [0.4, 0.5) is 0 Å². The fourth-order valence-corrected chi connectivity index (χ4v) is 2.36. The summed E-state index contributed by atoms with van der Waals surface area (Å²) in [7, 11) is 0. The van der Waals surface area contributed by atoms with E-state index in [0.717, 1.165) is 6.42 Å². The lowest BCUT2D eigenvalue weighted by atomic mass is 9.75. The van der Waals surface area contributed by atoms with Gasteiger partial charge < -0.3 is 9.84 Å². The van der Waals surface area contributed by atoms with E-state index in [4.69, 9.17) is 9.84 Å². The zero-order chi connectivity index (χ0) is 8.28. The van der Waals surface area contributed by atoms with Crippen molar-refractivity contribution in [1.82, 2.24) is 0 Å². The third-order valence-electron chi connectivity index (χ3n) is 3.96. The largest absolute Gasteiger partial charge is 0.396 e. The van der Waals surface area contributed by atoms with Gasteiger partial charge in [-0.15, -0.1) is 0 Å². The molecule has 3 atom stereocenters. The Kier molecular flexibility index (Phi) is 1.24. The summed E-state index contributed by atoms with van der Waals surface area (Å²) in [6.45, 7) is 6.86. The summed E-state index contributed by atoms with van der Waals surface area (Å²) in [4.78, 5) is 0. The predicted molar refractivity (Wildman–Crippen MR) is 42.3 cm³/mol. The molecule has 1 aliphatic heterocycles. The monoisotopic (exact) mass is 156 g/mol. The zero-order valence-electron chi connectivity index (χ0n) is 7.42. The van der Waals surface area contributed by atoms with Crippen LogP contribution in [0.1, 0.15) is 27.2 Å². The van der Waals surface area contributed by atoms with Gasteiger partial charge in [0, 0.05) is 12.0 Å². The average Bonchev–Trinajstić information content (AvgIpc) is 2.53. The number of ether oxygens (including phenoxy) is 1. The van der Waals surface area contributed by atoms with Crippen LogP contribution in [-0.4, -0.2) is 23.4 Å². The molecule has 0 aromatic carbocycles. The Morgan fingerprint density at radius 3 is 2.36 bits per heavy atom. The number of aliphatic hydroxyl groups excluding tert-OH is 1. The molecule has 0 radical (unpaired) electrons. The molecule has 2 fully saturated rings. The van der Waals surface area contributed by atoms with Crippen LogP contribution >= 0.6 is 0 Å². The van der Waals surface area contributed by atoms with Crippen molar-refractivity contribution in [2.75, 3.05) is 6.61 Å². The van der Waals surface area contributed by atoms with Crippen LogP contribution in [0.2, 0.25) is 0 Å². The van der Waals surface area contributed by atoms with E-state index in [2.05, 4.69) is 20.8 Å². The number of epoxide rings is 1. The van der Waals surface area contributed by atoms with Crippen molar-refractivity contribution >= 4 is 0 Å². The van der Waals surface area contributed by atoms with Gasteiger partial charge in [-0.05, 0) is 19.3 Å². The van der Waals surface area contributed by atoms with Crippen LogP contribution in [0.15, 0.2) is 0 Å². The van der Waals surface area contributed by atoms with Crippen molar-refractivity contribution in [1.29, 1.82) is 0 Å². The maximum Gasteiger partial charge on any atom is 0.0974 e. The van der Waals surface area contributed by atoms with E-state index < -0.39 is 0 Å². The molecule has 2 nitrogen and oxygen atoms in total. The highest BCUT2D eigenvalue weighted by Crippen LogP contribution is 2.62. The van der Waals surface area contributed by atoms with Crippen molar-refractivity contribution in [3.8, 4) is 0 Å². The Morgan fingerprint density at radius 1 is 1.45 bits per heavy atom. The summed E-state index contributed by atoms with van der Waals surface area (Å²) in [5.74, 6) is 0.436. The van der Waals surface area contributed by atoms with E-state index in [-0.39, 0.29) is 11.0 Å². The number of aliphatic hydroxyl groups is 1. The van der Waals surface area contributed by atoms with Gasteiger partial charge in [-0.3, -0.25) is 0 Å². The summed E-state index contributed by atoms with van der Waals surface area (Å²) in [6.07, 6.45) is 1.47. The topological polar surface area (TPSA) is 32.8 Å². The molecule has 0 bridgehead atoms. The summed E-state index contributed by atoms with van der Waals surface area (Å²) in [5.41, 5.74) is 0.229. The van der Waals surface area contributed by atoms with E-state index in [0.29, 0.717) is 18.6 Å². The third-order valence-corrected chi connectivity index (χ3v) is 3.96. The lowest BCUT2D eigenvalue weighted by Crippen LogP contribution is -2.34. The Bertz CT molecular complexity index is 188. The smallest absolute Gasteiger partial charge is 0.0974 e. The van der Waals surface area contributed by atoms with Crippen molar-refractivity contribution in [2.24, 2.45) is 11.3 Å². The first-order valence-corrected chi connectivity index (χ1v) is 4.31. The third kappa shape index (κ3) is 0.695. The summed E-state index contributed by atoms with van der Waals surface area (Å²) in [6, 6.07) is 0. The highest BCUT2D eigenvalue weighted by atomic mass is 16.6. The molecule has 2 heteroatoms. The van der Waals surface area contributed by atoms with E-state index in [9.17, 15) is 0 Å². The molecule has 1 N–H and O–H groups in total. The highest BCUT2D eigenvalue weighted by Gasteiger charge is 2.69. The van der Waals surface area contributed by atoms with Crippen LogP contribution in [0, 0.1) is 11.3 Å². The SMILES string of the molecule is CC1(C)C(CO)CC2OC21C. The summed E-state index contributed by atoms with van der Waals surface area (Å²) in [5, 5.41) is 9.10. The van der Waals surface area contributed by atoms with Gasteiger partial charge in [0.2, 0.25) is 0 Å². The highest BCUT2D eigenvalue weighted by molar-refractivity contribution is 5.17. The molecule has 1 saturated heterocycles. The normalized spacial score (nSPS) is 52.4. The van der Waals surface area contributed by atoms with Gasteiger partial charge in [0.25, 0.3) is 0 Å². The van der Waals surface area contributed by atoms with Gasteiger partial charge >= 0.3 is 0 Å². The number of hydrogen-bond acceptors (Lipinski definition) is 2. The van der Waals surface area contributed by atoms with Gasteiger partial charge in [-0.1, -0.05) is 13.8 Å². The molecule has 2 rings (SSSR count). The standard InChI is InChI=1S/C9H16O2/c1-8(2)6(5-10)4-7-9(8,3)11-7/h6-7,10H,4-5H2,1-3H3. The van der Waals surface area contributed by atoms with Crippen LogP contribution in [-0.2, 0) is 4.74 Å². The van der Waals surface area contributed by atoms with Gasteiger partial charge in [0.1, 0.15) is 0 Å². The second-order valence-electron chi connectivity index (χ2n) is 4.55. The predicted octanol–water partition coefficient (Wildman–Crippen LogP) is 1.18. The molecule has 11 heavy (non-hydrogen) atoms. The molecule has 2 aliphatic rings. The van der Waals surface area contributed by atoms with E-state index in [1.54, 1.807) is 0 Å². The number of rotatable bonds is 1. The minimum atomic E-state index is 0.0698. The molecule has 0 amide bonds. The summed E-state index contributed by atoms with van der Waals surface area (Å²) >= 11 is 0. The second kappa shape index (κ2) is 1.80. The lowest BCUT2D eigenvalue weighted by Gasteiger charge is -2.32. The Morgan fingerprint density at radius 2 is 2.09 bits per heavy atom. The van der Waals surface area contributed by atoms with Crippen molar-refractivity contribution in [3.63, 3.8) is 0 Å². The molecular weight excluding hydrogens is 140 g/mol. The van der Waals surface area contributed by atoms with Gasteiger partial charge in [0.15, 0.2) is 0 Å². The van der Waals surface area contributed by atoms with Crippen LogP contribution in [0.3, 0.4) is 0 Å². The molecule has 3 unspecified atom stereocenters. The molecule has 1 aliphatic carbocycles. The van der Waals surface area contributed by atoms with E-state index in [1.807, 2.05) is 0 Å². The quantitative estimate of drug-likeness (QED) is 0.578. The fourth-order valence-electron chi connectivity index (χ4n) is 2.36. The van der Waals surface area contributed by atoms with Crippen LogP contribution < -0.4 is 0 Å². The molecule has 0 aromatic rings. The van der Waals surface area contributed by atoms with Crippen LogP contribution in [0.5, 0.6) is 0 Å². The van der Waals surface area contributed by atoms with E-state index in [1.165, 1.54) is 0 Å². The first-order valence-electron chi connectivity index (χ1n) is 4.31. The second-order valence-corrected chi connectivity index (χ2v) is 4.55. The molecular formula is C9H16O2. The molecule has 0 spiro atoms. The van der Waals surface area contributed by atoms with E-state index >= 15 is 0 Å².